The molecule has 0 saturated carbocycles. The normalized spacial score (nSPS) is 12.4. The molecule has 0 atom stereocenters. The van der Waals surface area contributed by atoms with E-state index in [1.54, 1.807) is 48.9 Å². The fourth-order valence-electron chi connectivity index (χ4n) is 2.66. The van der Waals surface area contributed by atoms with E-state index in [0.717, 1.165) is 5.56 Å². The van der Waals surface area contributed by atoms with Crippen molar-refractivity contribution in [2.24, 2.45) is 4.99 Å². The molecule has 124 valence electrons. The molecule has 0 radical (unpaired) electrons. The summed E-state index contributed by atoms with van der Waals surface area (Å²) in [5.74, 6) is -0.498. The molecule has 2 aromatic carbocycles. The molecule has 1 amide bonds. The Kier molecular flexibility index (Phi) is 3.74. The van der Waals surface area contributed by atoms with Gasteiger partial charge in [0.25, 0.3) is 5.91 Å². The number of benzene rings is 2. The van der Waals surface area contributed by atoms with Gasteiger partial charge in [-0.15, -0.1) is 0 Å². The molecule has 2 N–H and O–H groups in total. The summed E-state index contributed by atoms with van der Waals surface area (Å²) in [7, 11) is 0. The number of nitrogens with one attached hydrogen (secondary N) is 2. The lowest BCUT2D eigenvalue weighted by Crippen LogP contribution is -2.16. The van der Waals surface area contributed by atoms with Crippen LogP contribution in [0.4, 0.5) is 15.9 Å². The van der Waals surface area contributed by atoms with Gasteiger partial charge in [0.15, 0.2) is 5.82 Å². The summed E-state index contributed by atoms with van der Waals surface area (Å²) in [5, 5.41) is 9.87. The molecule has 1 aliphatic heterocycles. The molecule has 2 heterocycles. The molecule has 0 spiro atoms. The SMILES string of the molecule is O=C(Nc1ccccc1)c1cccc(-n2ncc3c2NC=NC3)c1F. The van der Waals surface area contributed by atoms with Crippen LogP contribution in [0.25, 0.3) is 5.69 Å². The van der Waals surface area contributed by atoms with Crippen molar-refractivity contribution in [2.45, 2.75) is 6.54 Å². The number of carbonyl (C=O) groups excluding carboxylic acids is 1. The maximum Gasteiger partial charge on any atom is 0.258 e. The number of hydrogen-bond acceptors (Lipinski definition) is 4. The van der Waals surface area contributed by atoms with Gasteiger partial charge in [0.05, 0.1) is 24.6 Å². The average Bonchev–Trinajstić information content (AvgIpc) is 3.07. The lowest BCUT2D eigenvalue weighted by molar-refractivity contribution is 0.102. The molecule has 4 rings (SSSR count). The summed E-state index contributed by atoms with van der Waals surface area (Å²) in [6.07, 6.45) is 3.18. The van der Waals surface area contributed by atoms with Crippen molar-refractivity contribution in [1.29, 1.82) is 0 Å². The predicted molar refractivity (Wildman–Crippen MR) is 93.7 cm³/mol. The van der Waals surface area contributed by atoms with Gasteiger partial charge in [-0.2, -0.15) is 5.10 Å². The molecule has 0 fully saturated rings. The van der Waals surface area contributed by atoms with Gasteiger partial charge in [-0.1, -0.05) is 24.3 Å². The fourth-order valence-corrected chi connectivity index (χ4v) is 2.66. The highest BCUT2D eigenvalue weighted by atomic mass is 19.1. The molecule has 0 saturated heterocycles. The van der Waals surface area contributed by atoms with Crippen LogP contribution in [0, 0.1) is 5.82 Å². The second-order valence-electron chi connectivity index (χ2n) is 5.50. The highest BCUT2D eigenvalue weighted by molar-refractivity contribution is 6.04. The molecule has 25 heavy (non-hydrogen) atoms. The highest BCUT2D eigenvalue weighted by Crippen LogP contribution is 2.25. The minimum Gasteiger partial charge on any atom is -0.331 e. The van der Waals surface area contributed by atoms with Crippen molar-refractivity contribution in [1.82, 2.24) is 9.78 Å². The van der Waals surface area contributed by atoms with E-state index < -0.39 is 11.7 Å². The Balaban J connectivity index is 1.69. The Hall–Kier alpha value is -3.48. The van der Waals surface area contributed by atoms with Crippen LogP contribution < -0.4 is 10.6 Å². The van der Waals surface area contributed by atoms with E-state index in [9.17, 15) is 9.18 Å². The Morgan fingerprint density at radius 2 is 2.00 bits per heavy atom. The maximum atomic E-state index is 15.0. The number of para-hydroxylation sites is 1. The maximum absolute atomic E-state index is 15.0. The fraction of sp³-hybridized carbons (Fsp3) is 0.0556. The molecule has 6 nitrogen and oxygen atoms in total. The monoisotopic (exact) mass is 335 g/mol. The van der Waals surface area contributed by atoms with E-state index in [2.05, 4.69) is 20.7 Å². The van der Waals surface area contributed by atoms with E-state index in [1.807, 2.05) is 6.07 Å². The number of fused-ring (bicyclic) bond motifs is 1. The summed E-state index contributed by atoms with van der Waals surface area (Å²) in [4.78, 5) is 16.5. The van der Waals surface area contributed by atoms with E-state index in [4.69, 9.17) is 0 Å². The van der Waals surface area contributed by atoms with E-state index >= 15 is 0 Å². The molecule has 1 aliphatic rings. The zero-order valence-electron chi connectivity index (χ0n) is 13.1. The molecule has 3 aromatic rings. The Morgan fingerprint density at radius 1 is 1.16 bits per heavy atom. The topological polar surface area (TPSA) is 71.3 Å². The zero-order valence-corrected chi connectivity index (χ0v) is 13.1. The van der Waals surface area contributed by atoms with Crippen LogP contribution in [-0.4, -0.2) is 22.0 Å². The third-order valence-electron chi connectivity index (χ3n) is 3.88. The van der Waals surface area contributed by atoms with Gasteiger partial charge in [0.1, 0.15) is 11.5 Å². The van der Waals surface area contributed by atoms with Gasteiger partial charge < -0.3 is 10.6 Å². The average molecular weight is 335 g/mol. The van der Waals surface area contributed by atoms with Crippen molar-refractivity contribution < 1.29 is 9.18 Å². The number of hydrogen-bond donors (Lipinski definition) is 2. The van der Waals surface area contributed by atoms with Crippen LogP contribution >= 0.6 is 0 Å². The van der Waals surface area contributed by atoms with E-state index in [-0.39, 0.29) is 11.3 Å². The van der Waals surface area contributed by atoms with Crippen molar-refractivity contribution in [3.63, 3.8) is 0 Å². The van der Waals surface area contributed by atoms with Gasteiger partial charge in [-0.3, -0.25) is 9.79 Å². The Labute approximate surface area is 143 Å². The van der Waals surface area contributed by atoms with Crippen molar-refractivity contribution in [3.05, 3.63) is 71.7 Å². The number of amides is 1. The van der Waals surface area contributed by atoms with Crippen LogP contribution in [0.2, 0.25) is 0 Å². The van der Waals surface area contributed by atoms with Crippen LogP contribution in [0.5, 0.6) is 0 Å². The summed E-state index contributed by atoms with van der Waals surface area (Å²) in [6.45, 7) is 0.484. The van der Waals surface area contributed by atoms with Crippen LogP contribution in [-0.2, 0) is 6.54 Å². The number of aliphatic imine (C=N–C) groups is 1. The van der Waals surface area contributed by atoms with E-state index in [1.165, 1.54) is 10.7 Å². The summed E-state index contributed by atoms with van der Waals surface area (Å²) < 4.78 is 16.4. The van der Waals surface area contributed by atoms with Crippen LogP contribution in [0.3, 0.4) is 0 Å². The van der Waals surface area contributed by atoms with Crippen LogP contribution in [0.15, 0.2) is 59.7 Å². The van der Waals surface area contributed by atoms with Crippen molar-refractivity contribution in [2.75, 3.05) is 10.6 Å². The number of rotatable bonds is 3. The van der Waals surface area contributed by atoms with Gasteiger partial charge in [-0.25, -0.2) is 9.07 Å². The first-order valence-electron chi connectivity index (χ1n) is 7.71. The van der Waals surface area contributed by atoms with Crippen LogP contribution in [0.1, 0.15) is 15.9 Å². The first kappa shape index (κ1) is 15.1. The molecule has 1 aromatic heterocycles. The minimum absolute atomic E-state index is 0.0462. The molecule has 0 unspecified atom stereocenters. The van der Waals surface area contributed by atoms with Crippen molar-refractivity contribution >= 4 is 23.8 Å². The predicted octanol–water partition coefficient (Wildman–Crippen LogP) is 3.22. The van der Waals surface area contributed by atoms with E-state index in [0.29, 0.717) is 18.1 Å². The van der Waals surface area contributed by atoms with Gasteiger partial charge in [-0.05, 0) is 24.3 Å². The van der Waals surface area contributed by atoms with Gasteiger partial charge in [0, 0.05) is 11.3 Å². The second kappa shape index (κ2) is 6.20. The molecular formula is C18H14FN5O. The standard InChI is InChI=1S/C18H14FN5O/c19-16-14(18(25)23-13-5-2-1-3-6-13)7-4-8-15(16)24-17-12(10-22-24)9-20-11-21-17/h1-8,10-11H,9H2,(H,20,21)(H,23,25). The summed E-state index contributed by atoms with van der Waals surface area (Å²) >= 11 is 0. The van der Waals surface area contributed by atoms with Gasteiger partial charge in [0.2, 0.25) is 0 Å². The number of nitrogens with zero attached hydrogens (tertiary/aromatic N) is 3. The highest BCUT2D eigenvalue weighted by Gasteiger charge is 2.20. The molecule has 0 bridgehead atoms. The first-order chi connectivity index (χ1) is 12.2. The number of anilines is 2. The summed E-state index contributed by atoms with van der Waals surface area (Å²) in [6, 6.07) is 13.6. The third-order valence-corrected chi connectivity index (χ3v) is 3.88. The zero-order chi connectivity index (χ0) is 17.2. The molecule has 0 aliphatic carbocycles. The Bertz CT molecular complexity index is 965. The molecular weight excluding hydrogens is 321 g/mol. The van der Waals surface area contributed by atoms with Gasteiger partial charge >= 0.3 is 0 Å². The quantitative estimate of drug-likeness (QED) is 0.772. The second-order valence-corrected chi connectivity index (χ2v) is 5.50. The smallest absolute Gasteiger partial charge is 0.258 e. The van der Waals surface area contributed by atoms with Crippen molar-refractivity contribution in [3.8, 4) is 5.69 Å². The number of halogens is 1. The number of aromatic nitrogens is 2. The lowest BCUT2D eigenvalue weighted by Gasteiger charge is -2.13. The third kappa shape index (κ3) is 2.76. The Morgan fingerprint density at radius 3 is 2.84 bits per heavy atom. The first-order valence-corrected chi connectivity index (χ1v) is 7.71. The molecule has 7 heteroatoms. The minimum atomic E-state index is -0.633. The lowest BCUT2D eigenvalue weighted by atomic mass is 10.1. The number of carbonyl (C=O) groups is 1. The summed E-state index contributed by atoms with van der Waals surface area (Å²) in [5.41, 5.74) is 1.62. The largest absolute Gasteiger partial charge is 0.331 e.